The molecule has 0 N–H and O–H groups in total. The average molecular weight is 927 g/mol. The molecule has 1 aliphatic carbocycles. The highest BCUT2D eigenvalue weighted by Crippen LogP contribution is 2.52. The van der Waals surface area contributed by atoms with Gasteiger partial charge in [-0.05, 0) is 170 Å². The molecule has 5 nitrogen and oxygen atoms in total. The monoisotopic (exact) mass is 926 g/mol. The summed E-state index contributed by atoms with van der Waals surface area (Å²) in [4.78, 5) is 5.08. The maximum Gasteiger partial charge on any atom is 0.252 e. The summed E-state index contributed by atoms with van der Waals surface area (Å²) in [5.74, 6) is 2.41. The standard InChI is InChI=1S/C65H59BN2O3/c1-37-24-55-61-56(25-37)68(62-38(2)26-45(27-39(62)3)64(7,8)9)54-35-60-59(69-36-70-60)34-52(54)66(61)51-33-44(63(4,5)6)21-23-53(51)67(55)46-29-42(28-43(30-46)58-32-41-16-12-15-19-57(41)71-58)40-20-22-48-47-17-13-14-18-49(47)65(10,11)50(48)31-40/h12-35H,36H2,1-11H3. The molecule has 4 heterocycles. The summed E-state index contributed by atoms with van der Waals surface area (Å²) in [5, 5.41) is 1.08. The fourth-order valence-corrected chi connectivity index (χ4v) is 12.3. The lowest BCUT2D eigenvalue weighted by Gasteiger charge is -2.45. The van der Waals surface area contributed by atoms with E-state index in [4.69, 9.17) is 13.9 Å². The van der Waals surface area contributed by atoms with Gasteiger partial charge in [0.1, 0.15) is 11.3 Å². The minimum absolute atomic E-state index is 0.000808. The molecule has 71 heavy (non-hydrogen) atoms. The number of aryl methyl sites for hydroxylation is 3. The van der Waals surface area contributed by atoms with E-state index in [-0.39, 0.29) is 29.8 Å². The number of rotatable bonds is 4. The van der Waals surface area contributed by atoms with E-state index in [1.165, 1.54) is 83.4 Å². The van der Waals surface area contributed by atoms with Crippen LogP contribution in [-0.4, -0.2) is 13.5 Å². The molecule has 4 aliphatic rings. The van der Waals surface area contributed by atoms with Crippen LogP contribution in [0, 0.1) is 20.8 Å². The molecule has 0 radical (unpaired) electrons. The number of anilines is 6. The smallest absolute Gasteiger partial charge is 0.252 e. The van der Waals surface area contributed by atoms with E-state index in [0.29, 0.717) is 0 Å². The van der Waals surface area contributed by atoms with Gasteiger partial charge < -0.3 is 23.7 Å². The zero-order valence-electron chi connectivity index (χ0n) is 42.8. The van der Waals surface area contributed by atoms with Crippen molar-refractivity contribution in [3.05, 3.63) is 185 Å². The SMILES string of the molecule is Cc1cc2c3c(c1)N(c1c(C)cc(C(C)(C)C)cc1C)c1cc4c(cc1B3c1cc(C(C)(C)C)ccc1N2c1cc(-c2ccc3c(c2)C(C)(C)c2ccccc2-3)cc(-c2cc3ccccc3o2)c1)OCO4. The lowest BCUT2D eigenvalue weighted by molar-refractivity contribution is 0.174. The number of ether oxygens (including phenoxy) is 2. The topological polar surface area (TPSA) is 38.1 Å². The molecule has 0 saturated heterocycles. The number of para-hydroxylation sites is 1. The Balaban J connectivity index is 1.10. The minimum atomic E-state index is -0.142. The lowest BCUT2D eigenvalue weighted by Crippen LogP contribution is -2.61. The van der Waals surface area contributed by atoms with Crippen molar-refractivity contribution in [3.63, 3.8) is 0 Å². The molecular weight excluding hydrogens is 868 g/mol. The molecule has 0 unspecified atom stereocenters. The molecule has 1 aromatic heterocycles. The molecule has 0 amide bonds. The van der Waals surface area contributed by atoms with Crippen molar-refractivity contribution >= 4 is 68.2 Å². The van der Waals surface area contributed by atoms with E-state index in [9.17, 15) is 0 Å². The van der Waals surface area contributed by atoms with Crippen LogP contribution < -0.4 is 35.7 Å². The van der Waals surface area contributed by atoms with Crippen LogP contribution in [0.25, 0.3) is 44.5 Å². The van der Waals surface area contributed by atoms with Crippen LogP contribution in [0.4, 0.5) is 34.1 Å². The van der Waals surface area contributed by atoms with E-state index < -0.39 is 0 Å². The summed E-state index contributed by atoms with van der Waals surface area (Å²) in [5.41, 5.74) is 26.2. The van der Waals surface area contributed by atoms with E-state index in [1.54, 1.807) is 0 Å². The lowest BCUT2D eigenvalue weighted by atomic mass is 9.33. The molecule has 13 rings (SSSR count). The first-order valence-corrected chi connectivity index (χ1v) is 25.3. The highest BCUT2D eigenvalue weighted by molar-refractivity contribution is 7.00. The number of benzene rings is 8. The van der Waals surface area contributed by atoms with Crippen LogP contribution in [0.1, 0.15) is 94.3 Å². The van der Waals surface area contributed by atoms with Gasteiger partial charge in [0.25, 0.3) is 6.71 Å². The first-order valence-electron chi connectivity index (χ1n) is 25.3. The summed E-state index contributed by atoms with van der Waals surface area (Å²) >= 11 is 0. The molecule has 0 spiro atoms. The number of nitrogens with zero attached hydrogens (tertiary/aromatic N) is 2. The maximum atomic E-state index is 6.75. The van der Waals surface area contributed by atoms with E-state index in [2.05, 4.69) is 225 Å². The van der Waals surface area contributed by atoms with Crippen molar-refractivity contribution in [1.82, 2.24) is 0 Å². The van der Waals surface area contributed by atoms with Crippen LogP contribution in [0.5, 0.6) is 11.5 Å². The van der Waals surface area contributed by atoms with Crippen molar-refractivity contribution in [3.8, 4) is 45.1 Å². The zero-order chi connectivity index (χ0) is 49.0. The highest BCUT2D eigenvalue weighted by Gasteiger charge is 2.46. The number of furan rings is 1. The van der Waals surface area contributed by atoms with Gasteiger partial charge in [0.15, 0.2) is 11.5 Å². The second kappa shape index (κ2) is 15.0. The van der Waals surface area contributed by atoms with Gasteiger partial charge in [-0.2, -0.15) is 0 Å². The summed E-state index contributed by atoms with van der Waals surface area (Å²) in [6.07, 6.45) is 0. The first-order chi connectivity index (χ1) is 33.9. The van der Waals surface area contributed by atoms with Crippen LogP contribution in [-0.2, 0) is 16.2 Å². The molecule has 8 aromatic carbocycles. The fraction of sp³-hybridized carbons (Fsp3) is 0.231. The van der Waals surface area contributed by atoms with Gasteiger partial charge in [0, 0.05) is 50.9 Å². The Morgan fingerprint density at radius 3 is 1.93 bits per heavy atom. The Bertz CT molecular complexity index is 3690. The molecule has 350 valence electrons. The van der Waals surface area contributed by atoms with E-state index in [1.807, 2.05) is 6.07 Å². The van der Waals surface area contributed by atoms with Crippen LogP contribution in [0.2, 0.25) is 0 Å². The predicted molar refractivity (Wildman–Crippen MR) is 296 cm³/mol. The molecule has 0 bridgehead atoms. The molecule has 0 atom stereocenters. The molecule has 3 aliphatic heterocycles. The van der Waals surface area contributed by atoms with Crippen LogP contribution in [0.15, 0.2) is 150 Å². The fourth-order valence-electron chi connectivity index (χ4n) is 12.3. The molecule has 6 heteroatoms. The normalized spacial score (nSPS) is 14.9. The van der Waals surface area contributed by atoms with Gasteiger partial charge >= 0.3 is 0 Å². The molecular formula is C65H59BN2O3. The van der Waals surface area contributed by atoms with E-state index in [0.717, 1.165) is 62.1 Å². The van der Waals surface area contributed by atoms with E-state index >= 15 is 0 Å². The van der Waals surface area contributed by atoms with Crippen molar-refractivity contribution in [2.75, 3.05) is 16.6 Å². The van der Waals surface area contributed by atoms with Crippen LogP contribution >= 0.6 is 0 Å². The summed E-state index contributed by atoms with van der Waals surface area (Å²) in [6, 6.07) is 54.9. The third-order valence-electron chi connectivity index (χ3n) is 16.0. The van der Waals surface area contributed by atoms with Crippen molar-refractivity contribution in [2.45, 2.75) is 92.4 Å². The third kappa shape index (κ3) is 6.59. The minimum Gasteiger partial charge on any atom is -0.456 e. The second-order valence-corrected chi connectivity index (χ2v) is 23.2. The van der Waals surface area contributed by atoms with Gasteiger partial charge in [0.2, 0.25) is 6.79 Å². The maximum absolute atomic E-state index is 6.75. The Kier molecular flexibility index (Phi) is 9.23. The van der Waals surface area contributed by atoms with Gasteiger partial charge in [-0.3, -0.25) is 0 Å². The Morgan fingerprint density at radius 2 is 1.18 bits per heavy atom. The van der Waals surface area contributed by atoms with Gasteiger partial charge in [0.05, 0.1) is 5.69 Å². The summed E-state index contributed by atoms with van der Waals surface area (Å²) in [6.45, 7) is 25.5. The van der Waals surface area contributed by atoms with Crippen LogP contribution in [0.3, 0.4) is 0 Å². The van der Waals surface area contributed by atoms with Gasteiger partial charge in [-0.15, -0.1) is 0 Å². The Hall–Kier alpha value is -7.44. The Morgan fingerprint density at radius 1 is 0.521 bits per heavy atom. The average Bonchev–Trinajstić information content (AvgIpc) is 4.05. The van der Waals surface area contributed by atoms with Crippen molar-refractivity contribution < 1.29 is 13.9 Å². The molecule has 0 saturated carbocycles. The predicted octanol–water partition coefficient (Wildman–Crippen LogP) is 15.4. The molecule has 0 fully saturated rings. The van der Waals surface area contributed by atoms with Gasteiger partial charge in [-0.25, -0.2) is 0 Å². The quantitative estimate of drug-likeness (QED) is 0.164. The van der Waals surface area contributed by atoms with Crippen molar-refractivity contribution in [1.29, 1.82) is 0 Å². The van der Waals surface area contributed by atoms with Gasteiger partial charge in [-0.1, -0.05) is 134 Å². The second-order valence-electron chi connectivity index (χ2n) is 23.2. The number of fused-ring (bicyclic) bond motifs is 9. The molecule has 9 aromatic rings. The zero-order valence-corrected chi connectivity index (χ0v) is 42.8. The summed E-state index contributed by atoms with van der Waals surface area (Å²) in [7, 11) is 0. The number of hydrogen-bond donors (Lipinski definition) is 0. The number of hydrogen-bond acceptors (Lipinski definition) is 5. The largest absolute Gasteiger partial charge is 0.456 e. The van der Waals surface area contributed by atoms with Crippen molar-refractivity contribution in [2.24, 2.45) is 0 Å². The third-order valence-corrected chi connectivity index (χ3v) is 16.0. The Labute approximate surface area is 418 Å². The first kappa shape index (κ1) is 43.6. The highest BCUT2D eigenvalue weighted by atomic mass is 16.7. The summed E-state index contributed by atoms with van der Waals surface area (Å²) < 4.78 is 19.2.